The van der Waals surface area contributed by atoms with E-state index in [-0.39, 0.29) is 4.75 Å². The molecule has 0 saturated carbocycles. The van der Waals surface area contributed by atoms with Gasteiger partial charge >= 0.3 is 0 Å². The zero-order chi connectivity index (χ0) is 15.9. The van der Waals surface area contributed by atoms with Crippen LogP contribution >= 0.6 is 11.8 Å². The molecule has 0 spiro atoms. The van der Waals surface area contributed by atoms with E-state index in [1.54, 1.807) is 0 Å². The number of thioether (sulfide) groups is 1. The number of likely N-dealkylation sites (N-methyl/N-ethyl adjacent to an activating group) is 2. The first-order chi connectivity index (χ1) is 9.94. The minimum absolute atomic E-state index is 0.285. The van der Waals surface area contributed by atoms with Crippen molar-refractivity contribution in [3.8, 4) is 0 Å². The normalized spacial score (nSPS) is 13.2. The van der Waals surface area contributed by atoms with Gasteiger partial charge in [-0.1, -0.05) is 34.1 Å². The molecule has 1 atom stereocenters. The van der Waals surface area contributed by atoms with Gasteiger partial charge in [-0.25, -0.2) is 0 Å². The third-order valence-corrected chi connectivity index (χ3v) is 5.83. The Hall–Kier alpha value is -0.670. The average Bonchev–Trinajstić information content (AvgIpc) is 2.48. The lowest BCUT2D eigenvalue weighted by atomic mass is 9.95. The van der Waals surface area contributed by atoms with Crippen molar-refractivity contribution in [1.29, 1.82) is 0 Å². The van der Waals surface area contributed by atoms with Crippen LogP contribution in [-0.2, 0) is 0 Å². The summed E-state index contributed by atoms with van der Waals surface area (Å²) in [6.07, 6.45) is 1.23. The zero-order valence-electron chi connectivity index (χ0n) is 14.6. The number of benzene rings is 1. The summed E-state index contributed by atoms with van der Waals surface area (Å²) in [6, 6.07) is 9.06. The van der Waals surface area contributed by atoms with E-state index in [0.717, 1.165) is 19.6 Å². The molecule has 0 aliphatic heterocycles. The van der Waals surface area contributed by atoms with Crippen LogP contribution < -0.4 is 10.2 Å². The molecular formula is C18H32N2S. The van der Waals surface area contributed by atoms with Crippen LogP contribution in [0.2, 0.25) is 0 Å². The van der Waals surface area contributed by atoms with Gasteiger partial charge in [0, 0.05) is 35.0 Å². The van der Waals surface area contributed by atoms with E-state index < -0.39 is 0 Å². The molecule has 0 saturated heterocycles. The predicted octanol–water partition coefficient (Wildman–Crippen LogP) is 4.65. The van der Waals surface area contributed by atoms with Crippen LogP contribution in [0.5, 0.6) is 0 Å². The second-order valence-corrected chi connectivity index (χ2v) is 7.92. The van der Waals surface area contributed by atoms with Crippen molar-refractivity contribution < 1.29 is 0 Å². The van der Waals surface area contributed by atoms with E-state index in [4.69, 9.17) is 0 Å². The first kappa shape index (κ1) is 18.4. The van der Waals surface area contributed by atoms with Crippen LogP contribution in [0.25, 0.3) is 0 Å². The Kier molecular flexibility index (Phi) is 7.61. The van der Waals surface area contributed by atoms with Crippen molar-refractivity contribution in [2.75, 3.05) is 31.6 Å². The molecule has 3 heteroatoms. The van der Waals surface area contributed by atoms with Crippen molar-refractivity contribution in [2.24, 2.45) is 5.92 Å². The molecule has 120 valence electrons. The highest BCUT2D eigenvalue weighted by Crippen LogP contribution is 2.39. The van der Waals surface area contributed by atoms with E-state index in [1.807, 2.05) is 18.8 Å². The summed E-state index contributed by atoms with van der Waals surface area (Å²) in [4.78, 5) is 3.78. The topological polar surface area (TPSA) is 15.3 Å². The fourth-order valence-electron chi connectivity index (χ4n) is 2.34. The SMILES string of the molecule is CCC(C)C(C)(C)Sc1ccc(N(CC)CCNC)cc1. The second kappa shape index (κ2) is 8.70. The first-order valence-corrected chi connectivity index (χ1v) is 8.94. The summed E-state index contributed by atoms with van der Waals surface area (Å²) in [5, 5.41) is 3.22. The number of nitrogens with one attached hydrogen (secondary N) is 1. The quantitative estimate of drug-likeness (QED) is 0.669. The van der Waals surface area contributed by atoms with Gasteiger partial charge in [0.25, 0.3) is 0 Å². The molecule has 0 bridgehead atoms. The second-order valence-electron chi connectivity index (χ2n) is 6.19. The van der Waals surface area contributed by atoms with Gasteiger partial charge in [0.15, 0.2) is 0 Å². The molecule has 1 aromatic rings. The van der Waals surface area contributed by atoms with E-state index in [1.165, 1.54) is 17.0 Å². The molecular weight excluding hydrogens is 276 g/mol. The van der Waals surface area contributed by atoms with E-state index in [2.05, 4.69) is 69.1 Å². The van der Waals surface area contributed by atoms with Crippen LogP contribution in [0.1, 0.15) is 41.0 Å². The molecule has 0 amide bonds. The van der Waals surface area contributed by atoms with Gasteiger partial charge in [-0.05, 0) is 44.2 Å². The molecule has 0 aliphatic carbocycles. The molecule has 0 fully saturated rings. The molecule has 1 rings (SSSR count). The lowest BCUT2D eigenvalue weighted by Gasteiger charge is -2.31. The monoisotopic (exact) mass is 308 g/mol. The van der Waals surface area contributed by atoms with Gasteiger partial charge < -0.3 is 10.2 Å². The molecule has 0 aromatic heterocycles. The van der Waals surface area contributed by atoms with E-state index in [0.29, 0.717) is 5.92 Å². The van der Waals surface area contributed by atoms with Crippen molar-refractivity contribution in [3.05, 3.63) is 24.3 Å². The molecule has 0 aliphatic rings. The van der Waals surface area contributed by atoms with Crippen molar-refractivity contribution >= 4 is 17.4 Å². The minimum Gasteiger partial charge on any atom is -0.371 e. The highest BCUT2D eigenvalue weighted by Gasteiger charge is 2.25. The molecule has 21 heavy (non-hydrogen) atoms. The van der Waals surface area contributed by atoms with E-state index in [9.17, 15) is 0 Å². The van der Waals surface area contributed by atoms with Gasteiger partial charge in [0.1, 0.15) is 0 Å². The average molecular weight is 309 g/mol. The Labute approximate surface area is 135 Å². The fraction of sp³-hybridized carbons (Fsp3) is 0.667. The summed E-state index contributed by atoms with van der Waals surface area (Å²) in [7, 11) is 2.00. The zero-order valence-corrected chi connectivity index (χ0v) is 15.4. The van der Waals surface area contributed by atoms with Crippen molar-refractivity contribution in [3.63, 3.8) is 0 Å². The number of hydrogen-bond donors (Lipinski definition) is 1. The highest BCUT2D eigenvalue weighted by molar-refractivity contribution is 8.00. The molecule has 0 heterocycles. The molecule has 1 unspecified atom stereocenters. The predicted molar refractivity (Wildman–Crippen MR) is 97.6 cm³/mol. The van der Waals surface area contributed by atoms with Crippen LogP contribution in [0.15, 0.2) is 29.2 Å². The Morgan fingerprint density at radius 3 is 2.29 bits per heavy atom. The summed E-state index contributed by atoms with van der Waals surface area (Å²) in [6.45, 7) is 14.7. The fourth-order valence-corrected chi connectivity index (χ4v) is 3.58. The first-order valence-electron chi connectivity index (χ1n) is 8.13. The maximum Gasteiger partial charge on any atom is 0.0367 e. The van der Waals surface area contributed by atoms with E-state index >= 15 is 0 Å². The van der Waals surface area contributed by atoms with Gasteiger partial charge in [-0.15, -0.1) is 11.8 Å². The molecule has 1 aromatic carbocycles. The lowest BCUT2D eigenvalue weighted by Crippen LogP contribution is -2.30. The number of anilines is 1. The Morgan fingerprint density at radius 2 is 1.81 bits per heavy atom. The van der Waals surface area contributed by atoms with Gasteiger partial charge in [0.05, 0.1) is 0 Å². The largest absolute Gasteiger partial charge is 0.371 e. The number of nitrogens with zero attached hydrogens (tertiary/aromatic N) is 1. The number of rotatable bonds is 9. The molecule has 1 N–H and O–H groups in total. The maximum atomic E-state index is 3.22. The van der Waals surface area contributed by atoms with Crippen LogP contribution in [-0.4, -0.2) is 31.4 Å². The van der Waals surface area contributed by atoms with Crippen molar-refractivity contribution in [1.82, 2.24) is 5.32 Å². The smallest absolute Gasteiger partial charge is 0.0367 e. The third kappa shape index (κ3) is 5.55. The standard InChI is InChI=1S/C18H32N2S/c1-7-15(3)18(4,5)21-17-11-9-16(10-12-17)20(8-2)14-13-19-6/h9-12,15,19H,7-8,13-14H2,1-6H3. The summed E-state index contributed by atoms with van der Waals surface area (Å²) in [5.41, 5.74) is 1.32. The van der Waals surface area contributed by atoms with Crippen molar-refractivity contribution in [2.45, 2.75) is 50.7 Å². The molecule has 0 radical (unpaired) electrons. The van der Waals surface area contributed by atoms with Gasteiger partial charge in [-0.3, -0.25) is 0 Å². The summed E-state index contributed by atoms with van der Waals surface area (Å²) in [5.74, 6) is 0.713. The lowest BCUT2D eigenvalue weighted by molar-refractivity contribution is 0.448. The Morgan fingerprint density at radius 1 is 1.19 bits per heavy atom. The Balaban J connectivity index is 2.73. The number of hydrogen-bond acceptors (Lipinski definition) is 3. The molecule has 2 nitrogen and oxygen atoms in total. The summed E-state index contributed by atoms with van der Waals surface area (Å²) >= 11 is 1.99. The minimum atomic E-state index is 0.285. The van der Waals surface area contributed by atoms with Crippen LogP contribution in [0, 0.1) is 5.92 Å². The summed E-state index contributed by atoms with van der Waals surface area (Å²) < 4.78 is 0.285. The highest BCUT2D eigenvalue weighted by atomic mass is 32.2. The van der Waals surface area contributed by atoms with Gasteiger partial charge in [0.2, 0.25) is 0 Å². The maximum absolute atomic E-state index is 3.22. The Bertz CT molecular complexity index is 400. The van der Waals surface area contributed by atoms with Crippen LogP contribution in [0.4, 0.5) is 5.69 Å². The third-order valence-electron chi connectivity index (χ3n) is 4.40. The van der Waals surface area contributed by atoms with Crippen LogP contribution in [0.3, 0.4) is 0 Å². The van der Waals surface area contributed by atoms with Gasteiger partial charge in [-0.2, -0.15) is 0 Å².